The van der Waals surface area contributed by atoms with E-state index in [9.17, 15) is 18.3 Å². The Labute approximate surface area is 137 Å². The summed E-state index contributed by atoms with van der Waals surface area (Å²) in [5, 5.41) is 10.4. The van der Waals surface area contributed by atoms with E-state index >= 15 is 0 Å². The van der Waals surface area contributed by atoms with E-state index in [1.54, 1.807) is 30.3 Å². The first kappa shape index (κ1) is 16.8. The maximum absolute atomic E-state index is 12.3. The van der Waals surface area contributed by atoms with Crippen molar-refractivity contribution in [2.75, 3.05) is 11.1 Å². The van der Waals surface area contributed by atoms with Crippen molar-refractivity contribution in [1.29, 1.82) is 0 Å². The number of hydrogen-bond acceptors (Lipinski definition) is 5. The molecule has 0 spiro atoms. The molecule has 0 bridgehead atoms. The molecule has 2 N–H and O–H groups in total. The molecule has 1 aliphatic heterocycles. The van der Waals surface area contributed by atoms with Crippen LogP contribution in [0.25, 0.3) is 0 Å². The average Bonchev–Trinajstić information content (AvgIpc) is 2.71. The summed E-state index contributed by atoms with van der Waals surface area (Å²) in [6.45, 7) is 1.49. The van der Waals surface area contributed by atoms with E-state index in [0.29, 0.717) is 17.3 Å². The molecule has 0 amide bonds. The smallest absolute Gasteiger partial charge is 0.250 e. The van der Waals surface area contributed by atoms with Gasteiger partial charge in [-0.15, -0.1) is 0 Å². The van der Waals surface area contributed by atoms with Gasteiger partial charge in [0, 0.05) is 10.9 Å². The van der Waals surface area contributed by atoms with Gasteiger partial charge in [0.25, 0.3) is 5.78 Å². The van der Waals surface area contributed by atoms with Crippen LogP contribution in [0.2, 0.25) is 0 Å². The van der Waals surface area contributed by atoms with Crippen molar-refractivity contribution in [3.8, 4) is 0 Å². The standard InChI is InChI=1S/C14H16BrNO5S/c1-14(10-6-3-2-4-7-10)12(18)11(17)13(21-14)16-22(19,20)9-5-8-15/h2-4,6-7,16-17H,5,8-9H2,1H3. The number of hydrogen-bond donors (Lipinski definition) is 2. The van der Waals surface area contributed by atoms with E-state index in [1.807, 2.05) is 0 Å². The molecule has 1 aliphatic rings. The van der Waals surface area contributed by atoms with Crippen molar-refractivity contribution < 1.29 is 23.1 Å². The van der Waals surface area contributed by atoms with Crippen molar-refractivity contribution in [3.63, 3.8) is 0 Å². The number of rotatable bonds is 6. The number of benzene rings is 1. The van der Waals surface area contributed by atoms with Crippen molar-refractivity contribution in [2.45, 2.75) is 18.9 Å². The highest BCUT2D eigenvalue weighted by Gasteiger charge is 2.48. The monoisotopic (exact) mass is 389 g/mol. The van der Waals surface area contributed by atoms with Gasteiger partial charge in [-0.05, 0) is 13.3 Å². The van der Waals surface area contributed by atoms with Crippen molar-refractivity contribution in [3.05, 3.63) is 47.5 Å². The molecule has 0 aromatic heterocycles. The Morgan fingerprint density at radius 3 is 2.55 bits per heavy atom. The predicted octanol–water partition coefficient (Wildman–Crippen LogP) is 1.93. The number of ketones is 1. The quantitative estimate of drug-likeness (QED) is 0.725. The maximum Gasteiger partial charge on any atom is 0.250 e. The average molecular weight is 390 g/mol. The molecule has 0 radical (unpaired) electrons. The van der Waals surface area contributed by atoms with Gasteiger partial charge in [0.2, 0.25) is 21.7 Å². The number of carbonyl (C=O) groups excluding carboxylic acids is 1. The summed E-state index contributed by atoms with van der Waals surface area (Å²) in [6, 6.07) is 8.59. The lowest BCUT2D eigenvalue weighted by atomic mass is 9.92. The molecule has 1 unspecified atom stereocenters. The van der Waals surface area contributed by atoms with Crippen LogP contribution in [0.5, 0.6) is 0 Å². The van der Waals surface area contributed by atoms with Crippen LogP contribution in [0.4, 0.5) is 0 Å². The lowest BCUT2D eigenvalue weighted by Crippen LogP contribution is -2.32. The van der Waals surface area contributed by atoms with Gasteiger partial charge >= 0.3 is 0 Å². The largest absolute Gasteiger partial charge is 0.501 e. The van der Waals surface area contributed by atoms with Gasteiger partial charge in [0.1, 0.15) is 0 Å². The number of aliphatic hydroxyl groups excluding tert-OH is 1. The molecule has 2 rings (SSSR count). The summed E-state index contributed by atoms with van der Waals surface area (Å²) < 4.78 is 31.3. The molecular formula is C14H16BrNO5S. The van der Waals surface area contributed by atoms with E-state index in [4.69, 9.17) is 4.74 Å². The predicted molar refractivity (Wildman–Crippen MR) is 84.9 cm³/mol. The Bertz CT molecular complexity index is 701. The van der Waals surface area contributed by atoms with Crippen LogP contribution in [0.3, 0.4) is 0 Å². The van der Waals surface area contributed by atoms with Gasteiger partial charge < -0.3 is 9.84 Å². The van der Waals surface area contributed by atoms with Gasteiger partial charge in [0.05, 0.1) is 5.75 Å². The summed E-state index contributed by atoms with van der Waals surface area (Å²) in [5.41, 5.74) is -0.917. The summed E-state index contributed by atoms with van der Waals surface area (Å²) in [5.74, 6) is -1.97. The molecule has 1 aromatic rings. The molecule has 22 heavy (non-hydrogen) atoms. The maximum atomic E-state index is 12.3. The highest BCUT2D eigenvalue weighted by molar-refractivity contribution is 9.09. The highest BCUT2D eigenvalue weighted by Crippen LogP contribution is 2.36. The van der Waals surface area contributed by atoms with Crippen LogP contribution in [-0.2, 0) is 25.2 Å². The lowest BCUT2D eigenvalue weighted by Gasteiger charge is -2.23. The number of alkyl halides is 1. The lowest BCUT2D eigenvalue weighted by molar-refractivity contribution is -0.131. The van der Waals surface area contributed by atoms with Gasteiger partial charge in [-0.2, -0.15) is 0 Å². The van der Waals surface area contributed by atoms with E-state index in [0.717, 1.165) is 0 Å². The summed E-state index contributed by atoms with van der Waals surface area (Å²) in [6.07, 6.45) is 0.396. The van der Waals surface area contributed by atoms with E-state index in [-0.39, 0.29) is 5.75 Å². The Morgan fingerprint density at radius 1 is 1.32 bits per heavy atom. The molecule has 1 atom stereocenters. The first-order chi connectivity index (χ1) is 10.3. The number of carbonyl (C=O) groups is 1. The van der Waals surface area contributed by atoms with Crippen LogP contribution in [0, 0.1) is 0 Å². The molecule has 6 nitrogen and oxygen atoms in total. The zero-order valence-electron chi connectivity index (χ0n) is 11.9. The molecule has 0 saturated carbocycles. The second-order valence-electron chi connectivity index (χ2n) is 4.97. The number of sulfonamides is 1. The third-order valence-electron chi connectivity index (χ3n) is 3.29. The van der Waals surface area contributed by atoms with Crippen molar-refractivity contribution in [2.24, 2.45) is 0 Å². The van der Waals surface area contributed by atoms with Gasteiger partial charge in [0.15, 0.2) is 5.60 Å². The Balaban J connectivity index is 2.24. The van der Waals surface area contributed by atoms with E-state index < -0.39 is 33.0 Å². The van der Waals surface area contributed by atoms with E-state index in [1.165, 1.54) is 6.92 Å². The number of Topliss-reactive ketones (excluding diaryl/α,β-unsaturated/α-hetero) is 1. The number of aliphatic hydroxyl groups is 1. The molecule has 0 fully saturated rings. The minimum Gasteiger partial charge on any atom is -0.501 e. The Morgan fingerprint density at radius 2 is 1.95 bits per heavy atom. The van der Waals surface area contributed by atoms with Gasteiger partial charge in [-0.1, -0.05) is 46.3 Å². The molecule has 0 saturated heterocycles. The van der Waals surface area contributed by atoms with Crippen LogP contribution in [0.1, 0.15) is 18.9 Å². The fourth-order valence-electron chi connectivity index (χ4n) is 2.08. The van der Waals surface area contributed by atoms with Crippen LogP contribution < -0.4 is 4.72 Å². The SMILES string of the molecule is CC1(c2ccccc2)OC(NS(=O)(=O)CCCBr)=C(O)C1=O. The fraction of sp³-hybridized carbons (Fsp3) is 0.357. The Hall–Kier alpha value is -1.54. The van der Waals surface area contributed by atoms with E-state index in [2.05, 4.69) is 20.7 Å². The fourth-order valence-corrected chi connectivity index (χ4v) is 3.78. The zero-order valence-corrected chi connectivity index (χ0v) is 14.3. The van der Waals surface area contributed by atoms with Crippen molar-refractivity contribution in [1.82, 2.24) is 4.72 Å². The number of halogens is 1. The molecule has 0 aliphatic carbocycles. The molecule has 1 aromatic carbocycles. The molecule has 8 heteroatoms. The summed E-state index contributed by atoms with van der Waals surface area (Å²) >= 11 is 3.15. The second kappa shape index (κ2) is 6.29. The molecule has 1 heterocycles. The first-order valence-corrected chi connectivity index (χ1v) is 9.36. The minimum absolute atomic E-state index is 0.144. The second-order valence-corrected chi connectivity index (χ2v) is 7.61. The summed E-state index contributed by atoms with van der Waals surface area (Å²) in [4.78, 5) is 12.3. The van der Waals surface area contributed by atoms with Crippen LogP contribution in [0.15, 0.2) is 42.0 Å². The van der Waals surface area contributed by atoms with Crippen LogP contribution >= 0.6 is 15.9 Å². The van der Waals surface area contributed by atoms with Crippen molar-refractivity contribution >= 4 is 31.7 Å². The Kier molecular flexibility index (Phi) is 4.81. The molecule has 120 valence electrons. The number of ether oxygens (including phenoxy) is 1. The normalized spacial score (nSPS) is 21.8. The third-order valence-corrected chi connectivity index (χ3v) is 5.17. The van der Waals surface area contributed by atoms with Gasteiger partial charge in [-0.25, -0.2) is 8.42 Å². The molecular weight excluding hydrogens is 374 g/mol. The summed E-state index contributed by atoms with van der Waals surface area (Å²) in [7, 11) is -3.69. The minimum atomic E-state index is -3.69. The third kappa shape index (κ3) is 3.27. The zero-order chi connectivity index (χ0) is 16.4. The topological polar surface area (TPSA) is 92.7 Å². The van der Waals surface area contributed by atoms with Gasteiger partial charge in [-0.3, -0.25) is 9.52 Å². The number of nitrogens with one attached hydrogen (secondary N) is 1. The highest BCUT2D eigenvalue weighted by atomic mass is 79.9. The first-order valence-electron chi connectivity index (χ1n) is 6.59. The van der Waals surface area contributed by atoms with Crippen LogP contribution in [-0.4, -0.2) is 30.4 Å².